The lowest BCUT2D eigenvalue weighted by Crippen LogP contribution is -2.22. The van der Waals surface area contributed by atoms with Gasteiger partial charge in [-0.15, -0.1) is 0 Å². The van der Waals surface area contributed by atoms with E-state index in [1.807, 2.05) is 24.3 Å². The average molecular weight is 310 g/mol. The molecule has 2 N–H and O–H groups in total. The van der Waals surface area contributed by atoms with Crippen LogP contribution in [0.2, 0.25) is 0 Å². The molecule has 0 saturated carbocycles. The van der Waals surface area contributed by atoms with Crippen molar-refractivity contribution < 1.29 is 4.52 Å². The first-order valence-corrected chi connectivity index (χ1v) is 6.82. The van der Waals surface area contributed by atoms with Gasteiger partial charge in [0.05, 0.1) is 0 Å². The van der Waals surface area contributed by atoms with E-state index in [1.165, 1.54) is 0 Å². The standard InChI is InChI=1S/C13H16BrN3O/c1-2-3-11(15)8-12-16-13(17-18-12)9-4-6-10(14)7-5-9/h4-7,11H,2-3,8,15H2,1H3. The first-order chi connectivity index (χ1) is 8.69. The van der Waals surface area contributed by atoms with Crippen LogP contribution in [0.3, 0.4) is 0 Å². The Hall–Kier alpha value is -1.20. The fraction of sp³-hybridized carbons (Fsp3) is 0.385. The second kappa shape index (κ2) is 6.11. The Kier molecular flexibility index (Phi) is 4.49. The Bertz CT molecular complexity index is 495. The summed E-state index contributed by atoms with van der Waals surface area (Å²) in [7, 11) is 0. The molecule has 1 aromatic heterocycles. The van der Waals surface area contributed by atoms with Crippen LogP contribution in [0.1, 0.15) is 25.7 Å². The van der Waals surface area contributed by atoms with Gasteiger partial charge in [-0.25, -0.2) is 0 Å². The van der Waals surface area contributed by atoms with Crippen molar-refractivity contribution in [2.45, 2.75) is 32.2 Å². The Morgan fingerprint density at radius 2 is 2.06 bits per heavy atom. The van der Waals surface area contributed by atoms with Crippen molar-refractivity contribution >= 4 is 15.9 Å². The van der Waals surface area contributed by atoms with Gasteiger partial charge >= 0.3 is 0 Å². The van der Waals surface area contributed by atoms with Crippen molar-refractivity contribution in [3.05, 3.63) is 34.6 Å². The summed E-state index contributed by atoms with van der Waals surface area (Å²) in [4.78, 5) is 4.36. The molecule has 0 bridgehead atoms. The maximum absolute atomic E-state index is 5.95. The number of nitrogens with zero attached hydrogens (tertiary/aromatic N) is 2. The van der Waals surface area contributed by atoms with Gasteiger partial charge in [0.25, 0.3) is 0 Å². The van der Waals surface area contributed by atoms with Crippen molar-refractivity contribution in [2.24, 2.45) is 5.73 Å². The molecular formula is C13H16BrN3O. The molecule has 0 fully saturated rings. The maximum atomic E-state index is 5.95. The monoisotopic (exact) mass is 309 g/mol. The van der Waals surface area contributed by atoms with E-state index >= 15 is 0 Å². The van der Waals surface area contributed by atoms with E-state index in [-0.39, 0.29) is 6.04 Å². The molecule has 2 aromatic rings. The van der Waals surface area contributed by atoms with E-state index in [2.05, 4.69) is 33.0 Å². The highest BCUT2D eigenvalue weighted by Gasteiger charge is 2.11. The third kappa shape index (κ3) is 3.40. The smallest absolute Gasteiger partial charge is 0.228 e. The zero-order valence-electron chi connectivity index (χ0n) is 10.3. The summed E-state index contributed by atoms with van der Waals surface area (Å²) in [6.07, 6.45) is 2.67. The SMILES string of the molecule is CCCC(N)Cc1nc(-c2ccc(Br)cc2)no1. The van der Waals surface area contributed by atoms with Gasteiger partial charge in [-0.1, -0.05) is 34.4 Å². The molecule has 1 aromatic carbocycles. The van der Waals surface area contributed by atoms with E-state index in [0.717, 1.165) is 22.9 Å². The van der Waals surface area contributed by atoms with Gasteiger partial charge in [-0.3, -0.25) is 0 Å². The average Bonchev–Trinajstić information content (AvgIpc) is 2.78. The zero-order valence-corrected chi connectivity index (χ0v) is 11.9. The number of aromatic nitrogens is 2. The molecule has 5 heteroatoms. The van der Waals surface area contributed by atoms with E-state index in [1.54, 1.807) is 0 Å². The molecule has 0 spiro atoms. The molecule has 96 valence electrons. The Balaban J connectivity index is 2.08. The molecule has 1 heterocycles. The summed E-state index contributed by atoms with van der Waals surface area (Å²) >= 11 is 3.39. The molecule has 2 rings (SSSR count). The lowest BCUT2D eigenvalue weighted by molar-refractivity contribution is 0.366. The molecule has 0 aliphatic carbocycles. The first-order valence-electron chi connectivity index (χ1n) is 6.03. The number of rotatable bonds is 5. The highest BCUT2D eigenvalue weighted by molar-refractivity contribution is 9.10. The van der Waals surface area contributed by atoms with Gasteiger partial charge in [-0.05, 0) is 30.7 Å². The van der Waals surface area contributed by atoms with Crippen molar-refractivity contribution in [2.75, 3.05) is 0 Å². The molecule has 0 radical (unpaired) electrons. The number of hydrogen-bond acceptors (Lipinski definition) is 4. The Labute approximate surface area is 115 Å². The fourth-order valence-electron chi connectivity index (χ4n) is 1.75. The minimum Gasteiger partial charge on any atom is -0.339 e. The highest BCUT2D eigenvalue weighted by atomic mass is 79.9. The summed E-state index contributed by atoms with van der Waals surface area (Å²) in [5, 5.41) is 3.97. The molecule has 0 saturated heterocycles. The van der Waals surface area contributed by atoms with Crippen LogP contribution < -0.4 is 5.73 Å². The van der Waals surface area contributed by atoms with E-state index < -0.39 is 0 Å². The number of halogens is 1. The lowest BCUT2D eigenvalue weighted by Gasteiger charge is -2.05. The van der Waals surface area contributed by atoms with Gasteiger partial charge < -0.3 is 10.3 Å². The molecule has 1 atom stereocenters. The summed E-state index contributed by atoms with van der Waals surface area (Å²) in [5.74, 6) is 1.22. The van der Waals surface area contributed by atoms with E-state index in [4.69, 9.17) is 10.3 Å². The third-order valence-electron chi connectivity index (χ3n) is 2.67. The van der Waals surface area contributed by atoms with Crippen LogP contribution in [0.25, 0.3) is 11.4 Å². The molecule has 1 unspecified atom stereocenters. The van der Waals surface area contributed by atoms with Crippen LogP contribution >= 0.6 is 15.9 Å². The number of benzene rings is 1. The summed E-state index contributed by atoms with van der Waals surface area (Å²) in [6, 6.07) is 7.89. The summed E-state index contributed by atoms with van der Waals surface area (Å²) in [5.41, 5.74) is 6.89. The summed E-state index contributed by atoms with van der Waals surface area (Å²) in [6.45, 7) is 2.11. The predicted molar refractivity (Wildman–Crippen MR) is 74.0 cm³/mol. The van der Waals surface area contributed by atoms with E-state index in [9.17, 15) is 0 Å². The molecular weight excluding hydrogens is 294 g/mol. The molecule has 0 aliphatic rings. The van der Waals surface area contributed by atoms with Crippen molar-refractivity contribution in [3.63, 3.8) is 0 Å². The van der Waals surface area contributed by atoms with Gasteiger partial charge in [0, 0.05) is 22.5 Å². The largest absolute Gasteiger partial charge is 0.339 e. The van der Waals surface area contributed by atoms with Crippen molar-refractivity contribution in [3.8, 4) is 11.4 Å². The summed E-state index contributed by atoms with van der Waals surface area (Å²) < 4.78 is 6.24. The van der Waals surface area contributed by atoms with Crippen LogP contribution in [-0.2, 0) is 6.42 Å². The Morgan fingerprint density at radius 3 is 2.72 bits per heavy atom. The fourth-order valence-corrected chi connectivity index (χ4v) is 2.02. The molecule has 0 amide bonds. The van der Waals surface area contributed by atoms with Gasteiger partial charge in [0.1, 0.15) is 0 Å². The van der Waals surface area contributed by atoms with Crippen LogP contribution in [0.5, 0.6) is 0 Å². The number of hydrogen-bond donors (Lipinski definition) is 1. The quantitative estimate of drug-likeness (QED) is 0.921. The third-order valence-corrected chi connectivity index (χ3v) is 3.20. The van der Waals surface area contributed by atoms with Crippen molar-refractivity contribution in [1.29, 1.82) is 0 Å². The molecule has 18 heavy (non-hydrogen) atoms. The first kappa shape index (κ1) is 13.2. The molecule has 0 aliphatic heterocycles. The highest BCUT2D eigenvalue weighted by Crippen LogP contribution is 2.19. The second-order valence-corrected chi connectivity index (χ2v) is 5.19. The van der Waals surface area contributed by atoms with Gasteiger partial charge in [-0.2, -0.15) is 4.98 Å². The maximum Gasteiger partial charge on any atom is 0.228 e. The Morgan fingerprint density at radius 1 is 1.33 bits per heavy atom. The van der Waals surface area contributed by atoms with Crippen LogP contribution in [-0.4, -0.2) is 16.2 Å². The lowest BCUT2D eigenvalue weighted by atomic mass is 10.1. The second-order valence-electron chi connectivity index (χ2n) is 4.27. The van der Waals surface area contributed by atoms with Crippen molar-refractivity contribution in [1.82, 2.24) is 10.1 Å². The van der Waals surface area contributed by atoms with Gasteiger partial charge in [0.15, 0.2) is 0 Å². The van der Waals surface area contributed by atoms with Crippen LogP contribution in [0, 0.1) is 0 Å². The van der Waals surface area contributed by atoms with Crippen LogP contribution in [0.4, 0.5) is 0 Å². The molecule has 4 nitrogen and oxygen atoms in total. The van der Waals surface area contributed by atoms with Crippen LogP contribution in [0.15, 0.2) is 33.3 Å². The minimum absolute atomic E-state index is 0.0909. The van der Waals surface area contributed by atoms with E-state index in [0.29, 0.717) is 18.1 Å². The topological polar surface area (TPSA) is 64.9 Å². The van der Waals surface area contributed by atoms with Gasteiger partial charge in [0.2, 0.25) is 11.7 Å². The minimum atomic E-state index is 0.0909. The predicted octanol–water partition coefficient (Wildman–Crippen LogP) is 3.17. The number of nitrogens with two attached hydrogens (primary N) is 1. The normalized spacial score (nSPS) is 12.6. The zero-order chi connectivity index (χ0) is 13.0.